The van der Waals surface area contributed by atoms with Crippen LogP contribution >= 0.6 is 0 Å². The van der Waals surface area contributed by atoms with E-state index in [1.807, 2.05) is 7.05 Å². The monoisotopic (exact) mass is 366 g/mol. The van der Waals surface area contributed by atoms with Crippen molar-refractivity contribution in [1.82, 2.24) is 20.4 Å². The molecule has 2 atom stereocenters. The van der Waals surface area contributed by atoms with Crippen LogP contribution in [0.3, 0.4) is 0 Å². The molecule has 1 aromatic rings. The normalized spacial score (nSPS) is 23.7. The number of nitrogens with one attached hydrogen (secondary N) is 2. The molecule has 1 aliphatic carbocycles. The Morgan fingerprint density at radius 2 is 1.81 bits per heavy atom. The fourth-order valence-corrected chi connectivity index (χ4v) is 3.76. The molecule has 0 amide bonds. The second kappa shape index (κ2) is 11.7. The first-order chi connectivity index (χ1) is 12.7. The van der Waals surface area contributed by atoms with E-state index < -0.39 is 0 Å². The van der Waals surface area contributed by atoms with Gasteiger partial charge in [0.25, 0.3) is 0 Å². The molecule has 150 valence electrons. The Hall–Kier alpha value is -0.950. The van der Waals surface area contributed by atoms with Gasteiger partial charge in [-0.3, -0.25) is 5.10 Å². The minimum Gasteiger partial charge on any atom is -0.378 e. The summed E-state index contributed by atoms with van der Waals surface area (Å²) in [4.78, 5) is 2.34. The summed E-state index contributed by atoms with van der Waals surface area (Å²) in [6.07, 6.45) is 7.84. The quantitative estimate of drug-likeness (QED) is 0.595. The Morgan fingerprint density at radius 1 is 1.15 bits per heavy atom. The maximum atomic E-state index is 6.11. The lowest BCUT2D eigenvalue weighted by Crippen LogP contribution is -2.33. The van der Waals surface area contributed by atoms with Gasteiger partial charge in [0.1, 0.15) is 0 Å². The van der Waals surface area contributed by atoms with Crippen LogP contribution in [0.2, 0.25) is 0 Å². The lowest BCUT2D eigenvalue weighted by atomic mass is 9.82. The number of ether oxygens (including phenoxy) is 2. The summed E-state index contributed by atoms with van der Waals surface area (Å²) in [6.45, 7) is 8.93. The summed E-state index contributed by atoms with van der Waals surface area (Å²) in [6, 6.07) is 0. The first-order valence-corrected chi connectivity index (χ1v) is 10.3. The molecule has 6 nitrogen and oxygen atoms in total. The van der Waals surface area contributed by atoms with Gasteiger partial charge >= 0.3 is 0 Å². The van der Waals surface area contributed by atoms with E-state index in [4.69, 9.17) is 9.47 Å². The lowest BCUT2D eigenvalue weighted by Gasteiger charge is -2.34. The SMILES string of the molecule is CCCOC1CC(OCCC)CC(c2n[nH]cc2CN(C)CCNC)C1. The van der Waals surface area contributed by atoms with Crippen LogP contribution in [0.5, 0.6) is 0 Å². The third-order valence-electron chi connectivity index (χ3n) is 5.06. The van der Waals surface area contributed by atoms with Crippen LogP contribution < -0.4 is 5.32 Å². The standard InChI is InChI=1S/C20H38N4O2/c1-5-9-25-18-11-16(12-19(13-18)26-10-6-2)20-17(14-22-23-20)15-24(4)8-7-21-3/h14,16,18-19,21H,5-13,15H2,1-4H3,(H,22,23). The molecular weight excluding hydrogens is 328 g/mol. The van der Waals surface area contributed by atoms with Crippen LogP contribution in [0, 0.1) is 0 Å². The summed E-state index contributed by atoms with van der Waals surface area (Å²) in [7, 11) is 4.15. The van der Waals surface area contributed by atoms with Gasteiger partial charge in [-0.05, 0) is 46.2 Å². The molecule has 26 heavy (non-hydrogen) atoms. The number of nitrogens with zero attached hydrogens (tertiary/aromatic N) is 2. The Bertz CT molecular complexity index is 478. The van der Waals surface area contributed by atoms with Gasteiger partial charge in [-0.1, -0.05) is 13.8 Å². The first-order valence-electron chi connectivity index (χ1n) is 10.3. The van der Waals surface area contributed by atoms with Crippen LogP contribution in [0.1, 0.15) is 63.1 Å². The van der Waals surface area contributed by atoms with Gasteiger partial charge in [0.05, 0.1) is 17.9 Å². The number of rotatable bonds is 12. The highest BCUT2D eigenvalue weighted by molar-refractivity contribution is 5.21. The zero-order valence-electron chi connectivity index (χ0n) is 17.1. The van der Waals surface area contributed by atoms with Crippen LogP contribution in [0.15, 0.2) is 6.20 Å². The van der Waals surface area contributed by atoms with E-state index >= 15 is 0 Å². The maximum Gasteiger partial charge on any atom is 0.0699 e. The number of hydrogen-bond acceptors (Lipinski definition) is 5. The Kier molecular flexibility index (Phi) is 9.61. The van der Waals surface area contributed by atoms with Crippen molar-refractivity contribution in [2.75, 3.05) is 40.4 Å². The van der Waals surface area contributed by atoms with Crippen molar-refractivity contribution in [3.63, 3.8) is 0 Å². The molecule has 0 radical (unpaired) electrons. The van der Waals surface area contributed by atoms with E-state index in [1.54, 1.807) is 0 Å². The molecule has 0 saturated heterocycles. The lowest BCUT2D eigenvalue weighted by molar-refractivity contribution is -0.0511. The minimum atomic E-state index is 0.280. The van der Waals surface area contributed by atoms with E-state index in [1.165, 1.54) is 11.3 Å². The van der Waals surface area contributed by atoms with Crippen LogP contribution in [-0.4, -0.2) is 67.7 Å². The maximum absolute atomic E-state index is 6.11. The first kappa shape index (κ1) is 21.4. The topological polar surface area (TPSA) is 62.4 Å². The third kappa shape index (κ3) is 6.65. The molecule has 1 fully saturated rings. The van der Waals surface area contributed by atoms with Gasteiger partial charge in [-0.25, -0.2) is 0 Å². The van der Waals surface area contributed by atoms with Crippen LogP contribution in [0.25, 0.3) is 0 Å². The molecule has 1 aliphatic rings. The largest absolute Gasteiger partial charge is 0.378 e. The highest BCUT2D eigenvalue weighted by atomic mass is 16.5. The molecule has 2 rings (SSSR count). The molecule has 0 aromatic carbocycles. The second-order valence-corrected chi connectivity index (χ2v) is 7.53. The molecule has 1 aromatic heterocycles. The number of hydrogen-bond donors (Lipinski definition) is 2. The van der Waals surface area contributed by atoms with Gasteiger partial charge in [-0.2, -0.15) is 5.10 Å². The second-order valence-electron chi connectivity index (χ2n) is 7.53. The predicted octanol–water partition coefficient (Wildman–Crippen LogP) is 2.92. The van der Waals surface area contributed by atoms with Crippen LogP contribution in [0.4, 0.5) is 0 Å². The van der Waals surface area contributed by atoms with E-state index in [2.05, 4.69) is 47.5 Å². The predicted molar refractivity (Wildman–Crippen MR) is 106 cm³/mol. The number of aromatic nitrogens is 2. The average Bonchev–Trinajstić information content (AvgIpc) is 3.10. The molecule has 2 N–H and O–H groups in total. The fourth-order valence-electron chi connectivity index (χ4n) is 3.76. The summed E-state index contributed by atoms with van der Waals surface area (Å²) in [5.41, 5.74) is 2.51. The molecule has 0 aliphatic heterocycles. The molecule has 1 saturated carbocycles. The zero-order valence-corrected chi connectivity index (χ0v) is 17.1. The van der Waals surface area contributed by atoms with Crippen LogP contribution in [-0.2, 0) is 16.0 Å². The van der Waals surface area contributed by atoms with E-state index in [0.717, 1.165) is 65.0 Å². The summed E-state index contributed by atoms with van der Waals surface area (Å²) >= 11 is 0. The van der Waals surface area contributed by atoms with Gasteiger partial charge in [0.2, 0.25) is 0 Å². The molecular formula is C20H38N4O2. The zero-order chi connectivity index (χ0) is 18.8. The summed E-state index contributed by atoms with van der Waals surface area (Å²) in [5, 5.41) is 10.9. The molecule has 6 heteroatoms. The van der Waals surface area contributed by atoms with Crippen molar-refractivity contribution >= 4 is 0 Å². The van der Waals surface area contributed by atoms with Crippen molar-refractivity contribution < 1.29 is 9.47 Å². The molecule has 0 bridgehead atoms. The third-order valence-corrected chi connectivity index (χ3v) is 5.06. The van der Waals surface area contributed by atoms with Crippen molar-refractivity contribution in [1.29, 1.82) is 0 Å². The fraction of sp³-hybridized carbons (Fsp3) is 0.850. The summed E-state index contributed by atoms with van der Waals surface area (Å²) in [5.74, 6) is 0.409. The number of aromatic amines is 1. The Balaban J connectivity index is 2.03. The Morgan fingerprint density at radius 3 is 2.38 bits per heavy atom. The van der Waals surface area contributed by atoms with Crippen molar-refractivity contribution in [3.05, 3.63) is 17.5 Å². The van der Waals surface area contributed by atoms with E-state index in [-0.39, 0.29) is 12.2 Å². The average molecular weight is 367 g/mol. The van der Waals surface area contributed by atoms with E-state index in [9.17, 15) is 0 Å². The van der Waals surface area contributed by atoms with Gasteiger partial charge < -0.3 is 19.7 Å². The molecule has 1 heterocycles. The van der Waals surface area contributed by atoms with Crippen molar-refractivity contribution in [2.45, 2.75) is 70.6 Å². The van der Waals surface area contributed by atoms with Crippen molar-refractivity contribution in [2.24, 2.45) is 0 Å². The smallest absolute Gasteiger partial charge is 0.0699 e. The van der Waals surface area contributed by atoms with E-state index in [0.29, 0.717) is 5.92 Å². The van der Waals surface area contributed by atoms with Crippen molar-refractivity contribution in [3.8, 4) is 0 Å². The number of H-pyrrole nitrogens is 1. The molecule has 2 unspecified atom stereocenters. The highest BCUT2D eigenvalue weighted by Gasteiger charge is 2.33. The highest BCUT2D eigenvalue weighted by Crippen LogP contribution is 2.36. The van der Waals surface area contributed by atoms with Gasteiger partial charge in [0.15, 0.2) is 0 Å². The molecule has 0 spiro atoms. The number of likely N-dealkylation sites (N-methyl/N-ethyl adjacent to an activating group) is 2. The van der Waals surface area contributed by atoms with Gasteiger partial charge in [0, 0.05) is 50.5 Å². The summed E-state index contributed by atoms with van der Waals surface area (Å²) < 4.78 is 12.2. The van der Waals surface area contributed by atoms with Gasteiger partial charge in [-0.15, -0.1) is 0 Å². The minimum absolute atomic E-state index is 0.280. The Labute approximate surface area is 159 Å².